The van der Waals surface area contributed by atoms with E-state index in [9.17, 15) is 13.2 Å². The largest absolute Gasteiger partial charge is 0.465 e. The second kappa shape index (κ2) is 6.45. The lowest BCUT2D eigenvalue weighted by Gasteiger charge is -2.24. The van der Waals surface area contributed by atoms with Gasteiger partial charge in [-0.2, -0.15) is 22.7 Å². The summed E-state index contributed by atoms with van der Waals surface area (Å²) >= 11 is 0. The molecule has 0 aromatic carbocycles. The van der Waals surface area contributed by atoms with Crippen LogP contribution in [0.15, 0.2) is 0 Å². The third kappa shape index (κ3) is 3.54. The summed E-state index contributed by atoms with van der Waals surface area (Å²) in [7, 11) is -3.84. The molecule has 1 saturated heterocycles. The zero-order valence-electron chi connectivity index (χ0n) is 11.8. The molecule has 2 atom stereocenters. The number of nitrogens with zero attached hydrogens (tertiary/aromatic N) is 4. The van der Waals surface area contributed by atoms with E-state index in [1.54, 1.807) is 13.8 Å². The minimum atomic E-state index is -3.84. The number of ether oxygens (including phenoxy) is 1. The Morgan fingerprint density at radius 2 is 2.38 bits per heavy atom. The van der Waals surface area contributed by atoms with Gasteiger partial charge in [0, 0.05) is 6.54 Å². The highest BCUT2D eigenvalue weighted by molar-refractivity contribution is 7.87. The number of tetrazole rings is 1. The van der Waals surface area contributed by atoms with Crippen LogP contribution in [0.25, 0.3) is 0 Å². The summed E-state index contributed by atoms with van der Waals surface area (Å²) in [6, 6.07) is -1.43. The third-order valence-corrected chi connectivity index (χ3v) is 4.85. The lowest BCUT2D eigenvalue weighted by atomic mass is 10.2. The topological polar surface area (TPSA) is 130 Å². The second-order valence-electron chi connectivity index (χ2n) is 4.64. The SMILES string of the molecule is CCOC(=O)C1CCCN1S(=O)(=O)NC(C)c1nn[nH]n1. The molecule has 1 aliphatic rings. The summed E-state index contributed by atoms with van der Waals surface area (Å²) in [5.74, 6) is -0.293. The van der Waals surface area contributed by atoms with E-state index in [1.165, 1.54) is 0 Å². The Hall–Kier alpha value is -1.59. The van der Waals surface area contributed by atoms with Crippen molar-refractivity contribution in [1.82, 2.24) is 29.7 Å². The standard InChI is InChI=1S/C10H18N6O4S/c1-3-20-10(17)8-5-4-6-16(8)21(18,19)13-7(2)9-11-14-15-12-9/h7-8,13H,3-6H2,1-2H3,(H,11,12,14,15). The molecule has 0 saturated carbocycles. The lowest BCUT2D eigenvalue weighted by molar-refractivity contribution is -0.146. The molecule has 10 nitrogen and oxygen atoms in total. The molecule has 2 unspecified atom stereocenters. The van der Waals surface area contributed by atoms with Crippen LogP contribution in [0.5, 0.6) is 0 Å². The fraction of sp³-hybridized carbons (Fsp3) is 0.800. The van der Waals surface area contributed by atoms with Crippen molar-refractivity contribution in [3.8, 4) is 0 Å². The smallest absolute Gasteiger partial charge is 0.324 e. The van der Waals surface area contributed by atoms with Crippen molar-refractivity contribution in [1.29, 1.82) is 0 Å². The van der Waals surface area contributed by atoms with E-state index in [1.807, 2.05) is 0 Å². The zero-order valence-corrected chi connectivity index (χ0v) is 12.6. The highest BCUT2D eigenvalue weighted by atomic mass is 32.2. The molecule has 2 heterocycles. The predicted molar refractivity (Wildman–Crippen MR) is 71.0 cm³/mol. The first-order valence-electron chi connectivity index (χ1n) is 6.64. The van der Waals surface area contributed by atoms with Gasteiger partial charge in [-0.15, -0.1) is 10.2 Å². The van der Waals surface area contributed by atoms with Crippen LogP contribution in [0.3, 0.4) is 0 Å². The molecule has 2 N–H and O–H groups in total. The number of aromatic nitrogens is 4. The predicted octanol–water partition coefficient (Wildman–Crippen LogP) is -0.877. The molecule has 1 fully saturated rings. The molecule has 0 spiro atoms. The van der Waals surface area contributed by atoms with Crippen molar-refractivity contribution >= 4 is 16.2 Å². The second-order valence-corrected chi connectivity index (χ2v) is 6.29. The quantitative estimate of drug-likeness (QED) is 0.651. The van der Waals surface area contributed by atoms with Crippen LogP contribution in [0.4, 0.5) is 0 Å². The summed E-state index contributed by atoms with van der Waals surface area (Å²) in [5.41, 5.74) is 0. The van der Waals surface area contributed by atoms with Gasteiger partial charge in [-0.25, -0.2) is 0 Å². The van der Waals surface area contributed by atoms with Crippen molar-refractivity contribution in [3.05, 3.63) is 5.82 Å². The first-order valence-corrected chi connectivity index (χ1v) is 8.08. The Bertz CT molecular complexity index is 574. The summed E-state index contributed by atoms with van der Waals surface area (Å²) in [4.78, 5) is 11.8. The Morgan fingerprint density at radius 1 is 1.62 bits per heavy atom. The highest BCUT2D eigenvalue weighted by Gasteiger charge is 2.40. The molecular weight excluding hydrogens is 300 g/mol. The van der Waals surface area contributed by atoms with E-state index < -0.39 is 28.3 Å². The molecule has 0 bridgehead atoms. The van der Waals surface area contributed by atoms with E-state index in [4.69, 9.17) is 4.74 Å². The normalized spacial score (nSPS) is 21.3. The maximum Gasteiger partial charge on any atom is 0.324 e. The van der Waals surface area contributed by atoms with E-state index in [0.717, 1.165) is 4.31 Å². The van der Waals surface area contributed by atoms with Crippen LogP contribution in [0.1, 0.15) is 38.6 Å². The van der Waals surface area contributed by atoms with Crippen molar-refractivity contribution in [2.45, 2.75) is 38.8 Å². The molecule has 21 heavy (non-hydrogen) atoms. The van der Waals surface area contributed by atoms with Crippen molar-refractivity contribution in [3.63, 3.8) is 0 Å². The van der Waals surface area contributed by atoms with E-state index in [0.29, 0.717) is 12.8 Å². The minimum Gasteiger partial charge on any atom is -0.465 e. The summed E-state index contributed by atoms with van der Waals surface area (Å²) in [5, 5.41) is 13.1. The number of carbonyl (C=O) groups excluding carboxylic acids is 1. The number of esters is 1. The molecule has 1 aromatic rings. The Kier molecular flexibility index (Phi) is 4.85. The van der Waals surface area contributed by atoms with E-state index in [-0.39, 0.29) is 19.0 Å². The first-order chi connectivity index (χ1) is 9.95. The van der Waals surface area contributed by atoms with Gasteiger partial charge in [0.1, 0.15) is 6.04 Å². The van der Waals surface area contributed by atoms with Gasteiger partial charge in [0.05, 0.1) is 12.6 Å². The highest BCUT2D eigenvalue weighted by Crippen LogP contribution is 2.22. The maximum atomic E-state index is 12.4. The molecule has 0 amide bonds. The van der Waals surface area contributed by atoms with Gasteiger partial charge in [-0.3, -0.25) is 4.79 Å². The summed E-state index contributed by atoms with van der Waals surface area (Å²) < 4.78 is 33.2. The number of hydrogen-bond acceptors (Lipinski definition) is 7. The van der Waals surface area contributed by atoms with Gasteiger partial charge in [0.2, 0.25) is 0 Å². The number of rotatable bonds is 6. The number of nitrogens with one attached hydrogen (secondary N) is 2. The fourth-order valence-electron chi connectivity index (χ4n) is 2.20. The molecular formula is C10H18N6O4S. The molecule has 0 radical (unpaired) electrons. The lowest BCUT2D eigenvalue weighted by Crippen LogP contribution is -2.47. The number of H-pyrrole nitrogens is 1. The average Bonchev–Trinajstić information content (AvgIpc) is 3.10. The van der Waals surface area contributed by atoms with Crippen molar-refractivity contribution in [2.24, 2.45) is 0 Å². The first kappa shape index (κ1) is 15.8. The fourth-order valence-corrected chi connectivity index (χ4v) is 3.78. The van der Waals surface area contributed by atoms with Crippen LogP contribution in [0, 0.1) is 0 Å². The monoisotopic (exact) mass is 318 g/mol. The molecule has 2 rings (SSSR count). The molecule has 1 aromatic heterocycles. The van der Waals surface area contributed by atoms with Crippen LogP contribution in [-0.4, -0.2) is 58.5 Å². The number of aromatic amines is 1. The Labute approximate surface area is 122 Å². The van der Waals surface area contributed by atoms with E-state index >= 15 is 0 Å². The Morgan fingerprint density at radius 3 is 3.00 bits per heavy atom. The Balaban J connectivity index is 2.09. The van der Waals surface area contributed by atoms with Gasteiger partial charge >= 0.3 is 5.97 Å². The minimum absolute atomic E-state index is 0.218. The van der Waals surface area contributed by atoms with Gasteiger partial charge < -0.3 is 4.74 Å². The van der Waals surface area contributed by atoms with Crippen LogP contribution >= 0.6 is 0 Å². The van der Waals surface area contributed by atoms with Gasteiger partial charge in [0.15, 0.2) is 5.82 Å². The molecule has 1 aliphatic heterocycles. The number of carbonyl (C=O) groups is 1. The van der Waals surface area contributed by atoms with Gasteiger partial charge in [0.25, 0.3) is 10.2 Å². The molecule has 11 heteroatoms. The van der Waals surface area contributed by atoms with Gasteiger partial charge in [-0.05, 0) is 26.7 Å². The van der Waals surface area contributed by atoms with Crippen LogP contribution in [0.2, 0.25) is 0 Å². The third-order valence-electron chi connectivity index (χ3n) is 3.15. The molecule has 0 aliphatic carbocycles. The maximum absolute atomic E-state index is 12.4. The van der Waals surface area contributed by atoms with Crippen LogP contribution < -0.4 is 4.72 Å². The summed E-state index contributed by atoms with van der Waals surface area (Å²) in [6.45, 7) is 3.77. The van der Waals surface area contributed by atoms with Crippen molar-refractivity contribution in [2.75, 3.05) is 13.2 Å². The van der Waals surface area contributed by atoms with E-state index in [2.05, 4.69) is 25.3 Å². The molecule has 118 valence electrons. The number of hydrogen-bond donors (Lipinski definition) is 2. The van der Waals surface area contributed by atoms with Crippen molar-refractivity contribution < 1.29 is 17.9 Å². The summed E-state index contributed by atoms with van der Waals surface area (Å²) in [6.07, 6.45) is 1.07. The average molecular weight is 318 g/mol. The van der Waals surface area contributed by atoms with Crippen LogP contribution in [-0.2, 0) is 19.7 Å². The zero-order chi connectivity index (χ0) is 15.5. The van der Waals surface area contributed by atoms with Gasteiger partial charge in [-0.1, -0.05) is 5.21 Å².